The van der Waals surface area contributed by atoms with Gasteiger partial charge < -0.3 is 20.9 Å². The van der Waals surface area contributed by atoms with Crippen molar-refractivity contribution >= 4 is 21.8 Å². The Kier molecular flexibility index (Phi) is 7.77. The molecule has 4 heterocycles. The molecular weight excluding hydrogens is 480 g/mol. The zero-order chi connectivity index (χ0) is 23.9. The lowest BCUT2D eigenvalue weighted by Crippen LogP contribution is -2.73. The molecule has 0 spiro atoms. The average Bonchev–Trinajstić information content (AvgIpc) is 3.54. The smallest absolute Gasteiger partial charge is 0.221 e. The third-order valence-corrected chi connectivity index (χ3v) is 11.4. The van der Waals surface area contributed by atoms with Crippen LogP contribution in [0, 0.1) is 5.92 Å². The van der Waals surface area contributed by atoms with Crippen molar-refractivity contribution in [1.29, 1.82) is 0 Å². The summed E-state index contributed by atoms with van der Waals surface area (Å²) in [6, 6.07) is 0.830. The summed E-state index contributed by atoms with van der Waals surface area (Å²) in [5, 5.41) is 37.6. The maximum atomic E-state index is 11.6. The van der Waals surface area contributed by atoms with Gasteiger partial charge >= 0.3 is 0 Å². The van der Waals surface area contributed by atoms with Crippen molar-refractivity contribution in [2.24, 2.45) is 16.8 Å². The van der Waals surface area contributed by atoms with Crippen LogP contribution >= 0.6 is 11.8 Å². The minimum absolute atomic E-state index is 0.0203. The molecule has 12 nitrogen and oxygen atoms in total. The highest BCUT2D eigenvalue weighted by Gasteiger charge is 2.46. The second kappa shape index (κ2) is 10.3. The fourth-order valence-corrected chi connectivity index (χ4v) is 8.91. The van der Waals surface area contributed by atoms with Gasteiger partial charge in [-0.1, -0.05) is 0 Å². The van der Waals surface area contributed by atoms with E-state index in [9.17, 15) is 13.5 Å². The Bertz CT molecular complexity index is 824. The lowest BCUT2D eigenvalue weighted by molar-refractivity contribution is -0.126. The molecular formula is C20H40N8O4S2. The van der Waals surface area contributed by atoms with E-state index < -0.39 is 20.2 Å². The van der Waals surface area contributed by atoms with E-state index in [2.05, 4.69) is 31.9 Å². The lowest BCUT2D eigenvalue weighted by Gasteiger charge is -2.43. The van der Waals surface area contributed by atoms with E-state index in [1.165, 1.54) is 11.8 Å². The summed E-state index contributed by atoms with van der Waals surface area (Å²) in [6.45, 7) is 2.25. The molecule has 5 aliphatic rings. The second-order valence-electron chi connectivity index (χ2n) is 10.5. The van der Waals surface area contributed by atoms with Crippen LogP contribution in [0.3, 0.4) is 0 Å². The van der Waals surface area contributed by atoms with Gasteiger partial charge in [0, 0.05) is 37.1 Å². The third kappa shape index (κ3) is 5.73. The molecule has 1 aliphatic carbocycles. The molecule has 0 radical (unpaired) electrons. The van der Waals surface area contributed by atoms with Gasteiger partial charge in [-0.2, -0.15) is 0 Å². The van der Waals surface area contributed by atoms with Crippen molar-refractivity contribution in [3.63, 3.8) is 0 Å². The summed E-state index contributed by atoms with van der Waals surface area (Å²) in [7, 11) is -3.50. The lowest BCUT2D eigenvalue weighted by atomic mass is 9.75. The number of fused-ring (bicyclic) bond motifs is 2. The van der Waals surface area contributed by atoms with Gasteiger partial charge in [-0.3, -0.25) is 26.6 Å². The second-order valence-corrected chi connectivity index (χ2v) is 14.1. The zero-order valence-electron chi connectivity index (χ0n) is 19.4. The first-order valence-electron chi connectivity index (χ1n) is 12.4. The fourth-order valence-electron chi connectivity index (χ4n) is 6.19. The van der Waals surface area contributed by atoms with E-state index in [-0.39, 0.29) is 36.6 Å². The number of aliphatic hydroxyl groups is 1. The monoisotopic (exact) mass is 520 g/mol. The maximum Gasteiger partial charge on any atom is 0.221 e. The van der Waals surface area contributed by atoms with E-state index in [4.69, 9.17) is 15.6 Å². The first-order valence-corrected chi connectivity index (χ1v) is 15.0. The van der Waals surface area contributed by atoms with E-state index >= 15 is 0 Å². The molecule has 5 rings (SSSR count). The van der Waals surface area contributed by atoms with Crippen LogP contribution < -0.4 is 42.8 Å². The molecule has 34 heavy (non-hydrogen) atoms. The molecule has 1 saturated carbocycles. The Morgan fingerprint density at radius 1 is 1.18 bits per heavy atom. The standard InChI is InChI=1S/C20H40N8O4S2/c21-7-12-5-11-6-20(29,4-3-14(11)26-12)9-32-18-16-17(25-10-24-16)27-19(28-18)23-8-13-1-2-15(33-13)34(22,30)31/h11-19,23-29H,1-10,21H2,(H2,22,30,31)/t11-,12-,13?,14+,15?,16?,17?,18?,19?,20-/m1/s1. The molecule has 4 aliphatic heterocycles. The van der Waals surface area contributed by atoms with Crippen molar-refractivity contribution in [3.05, 3.63) is 0 Å². The highest BCUT2D eigenvalue weighted by atomic mass is 32.3. The Labute approximate surface area is 205 Å². The Balaban J connectivity index is 1.13. The topological polar surface area (TPSA) is 188 Å². The molecule has 0 amide bonds. The van der Waals surface area contributed by atoms with Crippen molar-refractivity contribution < 1.29 is 18.3 Å². The quantitative estimate of drug-likeness (QED) is 0.158. The number of ether oxygens (including phenoxy) is 1. The molecule has 11 N–H and O–H groups in total. The van der Waals surface area contributed by atoms with Crippen LogP contribution in [0.2, 0.25) is 0 Å². The normalized spacial score (nSPS) is 47.0. The highest BCUT2D eigenvalue weighted by molar-refractivity contribution is 8.13. The third-order valence-electron chi connectivity index (χ3n) is 7.99. The van der Waals surface area contributed by atoms with E-state index in [1.54, 1.807) is 0 Å². The van der Waals surface area contributed by atoms with Crippen LogP contribution in [0.1, 0.15) is 38.5 Å². The number of nitrogens with one attached hydrogen (secondary N) is 6. The summed E-state index contributed by atoms with van der Waals surface area (Å²) < 4.78 is 29.0. The van der Waals surface area contributed by atoms with Gasteiger partial charge in [0.25, 0.3) is 0 Å². The summed E-state index contributed by atoms with van der Waals surface area (Å²) in [4.78, 5) is 0. The molecule has 4 saturated heterocycles. The Hall–Kier alpha value is -0.100. The van der Waals surface area contributed by atoms with E-state index in [0.29, 0.717) is 44.2 Å². The van der Waals surface area contributed by atoms with Gasteiger partial charge in [0.15, 0.2) is 0 Å². The molecule has 0 aromatic rings. The number of primary sulfonamides is 1. The van der Waals surface area contributed by atoms with Crippen LogP contribution in [-0.2, 0) is 14.8 Å². The number of thioether (sulfide) groups is 1. The largest absolute Gasteiger partial charge is 0.387 e. The van der Waals surface area contributed by atoms with Crippen molar-refractivity contribution in [2.75, 3.05) is 26.4 Å². The average molecular weight is 521 g/mol. The van der Waals surface area contributed by atoms with Crippen molar-refractivity contribution in [1.82, 2.24) is 31.9 Å². The SMILES string of the molecule is NC[C@H]1C[C@@H]2C[C@@](O)(COC3NC(NCC4CCC(S(N)(=O)=O)S4)NC4NCNC43)CC[C@@H]2N1. The summed E-state index contributed by atoms with van der Waals surface area (Å²) in [5.74, 6) is 0.440. The minimum atomic E-state index is -3.50. The van der Waals surface area contributed by atoms with Gasteiger partial charge in [-0.25, -0.2) is 13.6 Å². The predicted octanol–water partition coefficient (Wildman–Crippen LogP) is -3.03. The summed E-state index contributed by atoms with van der Waals surface area (Å²) in [6.07, 6.45) is 4.34. The summed E-state index contributed by atoms with van der Waals surface area (Å²) in [5.41, 5.74) is 5.02. The van der Waals surface area contributed by atoms with Crippen LogP contribution in [0.15, 0.2) is 0 Å². The van der Waals surface area contributed by atoms with Crippen molar-refractivity contribution in [3.8, 4) is 0 Å². The highest BCUT2D eigenvalue weighted by Crippen LogP contribution is 2.39. The van der Waals surface area contributed by atoms with Crippen LogP contribution in [0.4, 0.5) is 0 Å². The van der Waals surface area contributed by atoms with Crippen molar-refractivity contribution in [2.45, 2.75) is 90.8 Å². The Morgan fingerprint density at radius 2 is 2.03 bits per heavy atom. The first-order chi connectivity index (χ1) is 16.2. The van der Waals surface area contributed by atoms with Gasteiger partial charge in [0.05, 0.1) is 24.4 Å². The molecule has 5 fully saturated rings. The molecule has 196 valence electrons. The van der Waals surface area contributed by atoms with E-state index in [1.807, 2.05) is 0 Å². The molecule has 0 aromatic carbocycles. The van der Waals surface area contributed by atoms with Gasteiger partial charge in [-0.15, -0.1) is 11.8 Å². The van der Waals surface area contributed by atoms with Gasteiger partial charge in [0.2, 0.25) is 10.0 Å². The number of nitrogens with two attached hydrogens (primary N) is 2. The van der Waals surface area contributed by atoms with Crippen LogP contribution in [0.25, 0.3) is 0 Å². The number of hydrogen-bond donors (Lipinski definition) is 9. The number of rotatable bonds is 8. The number of hydrogen-bond acceptors (Lipinski definition) is 12. The van der Waals surface area contributed by atoms with Crippen LogP contribution in [0.5, 0.6) is 0 Å². The minimum Gasteiger partial charge on any atom is -0.387 e. The number of sulfonamides is 1. The molecule has 10 atom stereocenters. The Morgan fingerprint density at radius 3 is 2.79 bits per heavy atom. The molecule has 14 heteroatoms. The van der Waals surface area contributed by atoms with Gasteiger partial charge in [0.1, 0.15) is 17.1 Å². The fraction of sp³-hybridized carbons (Fsp3) is 1.00. The summed E-state index contributed by atoms with van der Waals surface area (Å²) >= 11 is 1.43. The van der Waals surface area contributed by atoms with Crippen LogP contribution in [-0.4, -0.2) is 92.1 Å². The van der Waals surface area contributed by atoms with E-state index in [0.717, 1.165) is 32.1 Å². The maximum absolute atomic E-state index is 11.6. The molecule has 6 unspecified atom stereocenters. The first kappa shape index (κ1) is 25.5. The molecule has 0 aromatic heterocycles. The zero-order valence-corrected chi connectivity index (χ0v) is 21.0. The van der Waals surface area contributed by atoms with Gasteiger partial charge in [-0.05, 0) is 44.4 Å². The predicted molar refractivity (Wildman–Crippen MR) is 131 cm³/mol. The molecule has 0 bridgehead atoms.